The fraction of sp³-hybridized carbons (Fsp3) is 0.667. The summed E-state index contributed by atoms with van der Waals surface area (Å²) in [4.78, 5) is 7.47. The molecule has 0 aliphatic carbocycles. The van der Waals surface area contributed by atoms with Crippen LogP contribution in [-0.4, -0.2) is 25.5 Å². The van der Waals surface area contributed by atoms with Crippen LogP contribution >= 0.6 is 0 Å². The Hall–Kier alpha value is -1.26. The van der Waals surface area contributed by atoms with Gasteiger partial charge in [0.25, 0.3) is 0 Å². The SMILES string of the molecule is C.CCN=C(N)NC(N)=NC. The van der Waals surface area contributed by atoms with Crippen LogP contribution in [0.1, 0.15) is 14.4 Å². The lowest BCUT2D eigenvalue weighted by atomic mass is 10.7. The molecule has 0 heterocycles. The minimum atomic E-state index is 0. The molecule has 0 saturated carbocycles. The highest BCUT2D eigenvalue weighted by Crippen LogP contribution is 1.65. The summed E-state index contributed by atoms with van der Waals surface area (Å²) >= 11 is 0. The van der Waals surface area contributed by atoms with Crippen LogP contribution in [0.15, 0.2) is 9.98 Å². The molecular weight excluding hydrogens is 142 g/mol. The fourth-order valence-electron chi connectivity index (χ4n) is 0.397. The second-order valence-electron chi connectivity index (χ2n) is 1.59. The highest BCUT2D eigenvalue weighted by atomic mass is 15.2. The maximum absolute atomic E-state index is 5.34. The zero-order valence-electron chi connectivity index (χ0n) is 6.26. The van der Waals surface area contributed by atoms with Crippen molar-refractivity contribution in [2.75, 3.05) is 13.6 Å². The van der Waals surface area contributed by atoms with E-state index in [4.69, 9.17) is 11.5 Å². The molecule has 0 amide bonds. The summed E-state index contributed by atoms with van der Waals surface area (Å²) in [5, 5.41) is 2.59. The maximum atomic E-state index is 5.34. The van der Waals surface area contributed by atoms with Crippen LogP contribution in [0.2, 0.25) is 0 Å². The van der Waals surface area contributed by atoms with E-state index in [1.807, 2.05) is 6.92 Å². The molecule has 5 nitrogen and oxygen atoms in total. The average molecular weight is 159 g/mol. The van der Waals surface area contributed by atoms with E-state index in [0.29, 0.717) is 12.5 Å². The molecule has 0 aromatic carbocycles. The van der Waals surface area contributed by atoms with E-state index in [0.717, 1.165) is 0 Å². The predicted molar refractivity (Wildman–Crippen MR) is 49.6 cm³/mol. The van der Waals surface area contributed by atoms with Gasteiger partial charge in [0.15, 0.2) is 11.9 Å². The first kappa shape index (κ1) is 12.4. The zero-order valence-corrected chi connectivity index (χ0v) is 6.26. The van der Waals surface area contributed by atoms with E-state index >= 15 is 0 Å². The van der Waals surface area contributed by atoms with E-state index < -0.39 is 0 Å². The molecule has 0 atom stereocenters. The van der Waals surface area contributed by atoms with Gasteiger partial charge in [0.05, 0.1) is 0 Å². The first-order valence-electron chi connectivity index (χ1n) is 3.00. The number of aliphatic imine (C=N–C) groups is 2. The molecule has 0 radical (unpaired) electrons. The second-order valence-corrected chi connectivity index (χ2v) is 1.59. The molecule has 0 aromatic heterocycles. The number of rotatable bonds is 1. The third kappa shape index (κ3) is 6.63. The maximum Gasteiger partial charge on any atom is 0.195 e. The average Bonchev–Trinajstić information content (AvgIpc) is 1.88. The van der Waals surface area contributed by atoms with Gasteiger partial charge in [-0.05, 0) is 6.92 Å². The predicted octanol–water partition coefficient (Wildman–Crippen LogP) is -0.509. The Balaban J connectivity index is 0. The van der Waals surface area contributed by atoms with Crippen LogP contribution in [0.3, 0.4) is 0 Å². The van der Waals surface area contributed by atoms with Gasteiger partial charge in [0, 0.05) is 13.6 Å². The lowest BCUT2D eigenvalue weighted by Crippen LogP contribution is -2.41. The number of hydrogen-bond donors (Lipinski definition) is 3. The topological polar surface area (TPSA) is 88.8 Å². The van der Waals surface area contributed by atoms with Crippen LogP contribution in [0.5, 0.6) is 0 Å². The zero-order chi connectivity index (χ0) is 7.98. The fourth-order valence-corrected chi connectivity index (χ4v) is 0.397. The third-order valence-electron chi connectivity index (χ3n) is 0.826. The third-order valence-corrected chi connectivity index (χ3v) is 0.826. The summed E-state index contributed by atoms with van der Waals surface area (Å²) in [5.41, 5.74) is 10.6. The molecule has 0 unspecified atom stereocenters. The molecule has 5 heteroatoms. The summed E-state index contributed by atoms with van der Waals surface area (Å²) in [6.45, 7) is 2.52. The summed E-state index contributed by atoms with van der Waals surface area (Å²) in [7, 11) is 1.57. The molecule has 5 N–H and O–H groups in total. The van der Waals surface area contributed by atoms with E-state index in [9.17, 15) is 0 Å². The first-order valence-corrected chi connectivity index (χ1v) is 3.00. The highest BCUT2D eigenvalue weighted by Gasteiger charge is 1.89. The van der Waals surface area contributed by atoms with Gasteiger partial charge < -0.3 is 11.5 Å². The Kier molecular flexibility index (Phi) is 7.74. The lowest BCUT2D eigenvalue weighted by molar-refractivity contribution is 1.08. The van der Waals surface area contributed by atoms with Gasteiger partial charge in [-0.15, -0.1) is 0 Å². The summed E-state index contributed by atoms with van der Waals surface area (Å²) < 4.78 is 0. The van der Waals surface area contributed by atoms with Crippen LogP contribution < -0.4 is 16.8 Å². The lowest BCUT2D eigenvalue weighted by Gasteiger charge is -2.01. The Morgan fingerprint density at radius 2 is 1.91 bits per heavy atom. The monoisotopic (exact) mass is 159 g/mol. The first-order chi connectivity index (χ1) is 4.70. The summed E-state index contributed by atoms with van der Waals surface area (Å²) in [6.07, 6.45) is 0. The van der Waals surface area contributed by atoms with E-state index in [1.54, 1.807) is 7.05 Å². The second kappa shape index (κ2) is 6.85. The number of nitrogens with one attached hydrogen (secondary N) is 1. The molecule has 0 aromatic rings. The van der Waals surface area contributed by atoms with Gasteiger partial charge in [-0.3, -0.25) is 15.3 Å². The number of nitrogens with two attached hydrogens (primary N) is 2. The van der Waals surface area contributed by atoms with Gasteiger partial charge in [-0.1, -0.05) is 7.43 Å². The molecule has 66 valence electrons. The molecule has 0 saturated heterocycles. The molecule has 0 fully saturated rings. The van der Waals surface area contributed by atoms with E-state index in [-0.39, 0.29) is 13.4 Å². The summed E-state index contributed by atoms with van der Waals surface area (Å²) in [6, 6.07) is 0. The Labute approximate surface area is 67.6 Å². The van der Waals surface area contributed by atoms with Crippen molar-refractivity contribution in [3.8, 4) is 0 Å². The van der Waals surface area contributed by atoms with Crippen molar-refractivity contribution >= 4 is 11.9 Å². The van der Waals surface area contributed by atoms with Gasteiger partial charge in [-0.2, -0.15) is 0 Å². The van der Waals surface area contributed by atoms with Crippen LogP contribution in [0.25, 0.3) is 0 Å². The summed E-state index contributed by atoms with van der Waals surface area (Å²) in [5.74, 6) is 0.570. The Bertz CT molecular complexity index is 149. The number of guanidine groups is 2. The quantitative estimate of drug-likeness (QED) is 0.355. The minimum Gasteiger partial charge on any atom is -0.370 e. The number of hydrogen-bond acceptors (Lipinski definition) is 2. The minimum absolute atomic E-state index is 0. The molecule has 0 spiro atoms. The van der Waals surface area contributed by atoms with Crippen molar-refractivity contribution in [3.05, 3.63) is 0 Å². The molecule has 0 aliphatic rings. The van der Waals surface area contributed by atoms with Gasteiger partial charge >= 0.3 is 0 Å². The molecule has 0 rings (SSSR count). The Morgan fingerprint density at radius 1 is 1.36 bits per heavy atom. The van der Waals surface area contributed by atoms with Crippen molar-refractivity contribution in [1.29, 1.82) is 0 Å². The molecule has 0 bridgehead atoms. The van der Waals surface area contributed by atoms with Crippen molar-refractivity contribution in [3.63, 3.8) is 0 Å². The van der Waals surface area contributed by atoms with E-state index in [1.165, 1.54) is 0 Å². The van der Waals surface area contributed by atoms with Crippen molar-refractivity contribution in [2.45, 2.75) is 14.4 Å². The standard InChI is InChI=1S/C5H13N5.CH4/c1-3-9-5(7)10-4(6)8-2;/h3H2,1-2H3,(H5,6,7,8,9,10);1H4. The van der Waals surface area contributed by atoms with Gasteiger partial charge in [-0.25, -0.2) is 0 Å². The largest absolute Gasteiger partial charge is 0.370 e. The van der Waals surface area contributed by atoms with Crippen molar-refractivity contribution < 1.29 is 0 Å². The smallest absolute Gasteiger partial charge is 0.195 e. The molecule has 11 heavy (non-hydrogen) atoms. The van der Waals surface area contributed by atoms with Gasteiger partial charge in [0.1, 0.15) is 0 Å². The van der Waals surface area contributed by atoms with E-state index in [2.05, 4.69) is 15.3 Å². The van der Waals surface area contributed by atoms with Crippen LogP contribution in [0.4, 0.5) is 0 Å². The Morgan fingerprint density at radius 3 is 2.27 bits per heavy atom. The van der Waals surface area contributed by atoms with Crippen molar-refractivity contribution in [1.82, 2.24) is 5.32 Å². The van der Waals surface area contributed by atoms with Crippen molar-refractivity contribution in [2.24, 2.45) is 21.5 Å². The normalized spacial score (nSPS) is 12.2. The molecular formula is C6H17N5. The molecule has 0 aliphatic heterocycles. The van der Waals surface area contributed by atoms with Crippen LogP contribution in [0, 0.1) is 0 Å². The highest BCUT2D eigenvalue weighted by molar-refractivity contribution is 5.96. The number of nitrogens with zero attached hydrogens (tertiary/aromatic N) is 2. The van der Waals surface area contributed by atoms with Crippen LogP contribution in [-0.2, 0) is 0 Å². The van der Waals surface area contributed by atoms with Gasteiger partial charge in [0.2, 0.25) is 0 Å².